The molecule has 3 nitrogen and oxygen atoms in total. The minimum atomic E-state index is -3.82. The molecule has 2 rings (SSSR count). The van der Waals surface area contributed by atoms with Crippen LogP contribution in [0.3, 0.4) is 0 Å². The van der Waals surface area contributed by atoms with Crippen molar-refractivity contribution in [3.63, 3.8) is 0 Å². The maximum atomic E-state index is 10.9. The van der Waals surface area contributed by atoms with Gasteiger partial charge < -0.3 is 11.3 Å². The Morgan fingerprint density at radius 1 is 1.32 bits per heavy atom. The summed E-state index contributed by atoms with van der Waals surface area (Å²) in [7, 11) is 1.30. The van der Waals surface area contributed by atoms with Crippen LogP contribution in [0, 0.1) is 6.92 Å². The van der Waals surface area contributed by atoms with Crippen LogP contribution in [0.5, 0.6) is 0 Å². The summed E-state index contributed by atoms with van der Waals surface area (Å²) >= 11 is 5.72. The fourth-order valence-electron chi connectivity index (χ4n) is 1.11. The minimum absolute atomic E-state index is 0. The first-order chi connectivity index (χ1) is 8.38. The third-order valence-corrected chi connectivity index (χ3v) is 3.42. The smallest absolute Gasteiger partial charge is 0.443 e. The Morgan fingerprint density at radius 2 is 1.89 bits per heavy atom. The molecule has 1 aromatic carbocycles. The molecule has 0 aliphatic carbocycles. The van der Waals surface area contributed by atoms with Crippen molar-refractivity contribution in [2.45, 2.75) is 24.9 Å². The summed E-state index contributed by atoms with van der Waals surface area (Å²) in [6.45, 7) is 5.72. The SMILES string of the molecule is O=S(=O)(Cl)c1cc2cc(Cl)ccc2o1.[CH2-]CCC.[Li+]. The standard InChI is InChI=1S/C8H4Cl2O3S.C4H9.Li/c9-6-1-2-7-5(3-6)4-8(13-7)14(10,11)12;1-3-4-2;/h1-4H;1,3-4H2,2H3;/q;-1;+1. The number of halogens is 2. The zero-order valence-corrected chi connectivity index (χ0v) is 13.1. The molecule has 0 spiro atoms. The molecule has 2 aromatic rings. The first kappa shape index (κ1) is 18.9. The summed E-state index contributed by atoms with van der Waals surface area (Å²) in [6.07, 6.45) is 2.28. The summed E-state index contributed by atoms with van der Waals surface area (Å²) in [4.78, 5) is 0. The predicted molar refractivity (Wildman–Crippen MR) is 74.5 cm³/mol. The third kappa shape index (κ3) is 5.81. The van der Waals surface area contributed by atoms with Crippen molar-refractivity contribution in [2.75, 3.05) is 0 Å². The fraction of sp³-hybridized carbons (Fsp3) is 0.250. The number of hydrogen-bond acceptors (Lipinski definition) is 3. The van der Waals surface area contributed by atoms with Crippen LogP contribution in [0.1, 0.15) is 19.8 Å². The van der Waals surface area contributed by atoms with Gasteiger partial charge in [-0.3, -0.25) is 0 Å². The second-order valence-corrected chi connectivity index (χ2v) is 6.47. The van der Waals surface area contributed by atoms with Gasteiger partial charge in [-0.05, 0) is 18.2 Å². The molecule has 0 unspecified atom stereocenters. The molecule has 100 valence electrons. The molecule has 0 atom stereocenters. The van der Waals surface area contributed by atoms with E-state index in [0.717, 1.165) is 6.42 Å². The van der Waals surface area contributed by atoms with Crippen molar-refractivity contribution in [3.05, 3.63) is 36.2 Å². The number of unbranched alkanes of at least 4 members (excludes halogenated alkanes) is 1. The van der Waals surface area contributed by atoms with Gasteiger partial charge >= 0.3 is 18.9 Å². The quantitative estimate of drug-likeness (QED) is 0.481. The van der Waals surface area contributed by atoms with Gasteiger partial charge in [0.2, 0.25) is 5.09 Å². The van der Waals surface area contributed by atoms with Crippen molar-refractivity contribution in [3.8, 4) is 0 Å². The fourth-order valence-corrected chi connectivity index (χ4v) is 1.98. The molecule has 0 N–H and O–H groups in total. The zero-order valence-electron chi connectivity index (χ0n) is 10.8. The van der Waals surface area contributed by atoms with Crippen LogP contribution in [-0.2, 0) is 9.05 Å². The van der Waals surface area contributed by atoms with Crippen LogP contribution in [0.2, 0.25) is 5.02 Å². The maximum absolute atomic E-state index is 10.9. The minimum Gasteiger partial charge on any atom is -0.443 e. The molecule has 1 heterocycles. The second-order valence-electron chi connectivity index (χ2n) is 3.54. The van der Waals surface area contributed by atoms with Crippen LogP contribution in [0.4, 0.5) is 0 Å². The van der Waals surface area contributed by atoms with E-state index in [9.17, 15) is 8.42 Å². The monoisotopic (exact) mass is 314 g/mol. The molecular formula is C12H13Cl2LiO3S. The molecule has 0 amide bonds. The summed E-state index contributed by atoms with van der Waals surface area (Å²) in [6, 6.07) is 6.14. The van der Waals surface area contributed by atoms with Gasteiger partial charge in [0.1, 0.15) is 5.58 Å². The summed E-state index contributed by atoms with van der Waals surface area (Å²) in [5.41, 5.74) is 0.439. The molecular weight excluding hydrogens is 302 g/mol. The average Bonchev–Trinajstić information content (AvgIpc) is 2.72. The van der Waals surface area contributed by atoms with E-state index in [1.165, 1.54) is 12.5 Å². The van der Waals surface area contributed by atoms with E-state index < -0.39 is 9.05 Å². The molecule has 1 aromatic heterocycles. The molecule has 0 aliphatic heterocycles. The second kappa shape index (κ2) is 8.24. The van der Waals surface area contributed by atoms with Gasteiger partial charge in [-0.2, -0.15) is 6.42 Å². The van der Waals surface area contributed by atoms with E-state index in [1.807, 2.05) is 0 Å². The van der Waals surface area contributed by atoms with E-state index in [-0.39, 0.29) is 24.0 Å². The molecule has 0 bridgehead atoms. The Hall–Kier alpha value is -0.113. The Labute approximate surface area is 134 Å². The molecule has 19 heavy (non-hydrogen) atoms. The van der Waals surface area contributed by atoms with Crippen molar-refractivity contribution in [2.24, 2.45) is 0 Å². The van der Waals surface area contributed by atoms with Crippen LogP contribution < -0.4 is 18.9 Å². The van der Waals surface area contributed by atoms with E-state index in [2.05, 4.69) is 13.8 Å². The van der Waals surface area contributed by atoms with Gasteiger partial charge in [0.15, 0.2) is 0 Å². The molecule has 0 saturated carbocycles. The van der Waals surface area contributed by atoms with E-state index >= 15 is 0 Å². The molecule has 0 fully saturated rings. The van der Waals surface area contributed by atoms with Gasteiger partial charge in [0.25, 0.3) is 9.05 Å². The normalized spacial score (nSPS) is 10.5. The van der Waals surface area contributed by atoms with Gasteiger partial charge in [-0.1, -0.05) is 24.9 Å². The Balaban J connectivity index is 0.000000576. The van der Waals surface area contributed by atoms with Gasteiger partial charge in [0.05, 0.1) is 0 Å². The van der Waals surface area contributed by atoms with Crippen LogP contribution >= 0.6 is 22.3 Å². The predicted octanol–water partition coefficient (Wildman–Crippen LogP) is 1.64. The number of rotatable bonds is 2. The first-order valence-corrected chi connectivity index (χ1v) is 8.00. The zero-order chi connectivity index (χ0) is 13.8. The molecule has 7 heteroatoms. The van der Waals surface area contributed by atoms with Gasteiger partial charge in [0, 0.05) is 27.2 Å². The maximum Gasteiger partial charge on any atom is 1.00 e. The van der Waals surface area contributed by atoms with Crippen molar-refractivity contribution < 1.29 is 31.7 Å². The average molecular weight is 315 g/mol. The first-order valence-electron chi connectivity index (χ1n) is 5.31. The topological polar surface area (TPSA) is 47.3 Å². The number of fused-ring (bicyclic) bond motifs is 1. The molecule has 0 radical (unpaired) electrons. The Bertz CT molecular complexity index is 621. The summed E-state index contributed by atoms with van der Waals surface area (Å²) in [5.74, 6) is 0. The number of furan rings is 1. The van der Waals surface area contributed by atoms with Crippen LogP contribution in [-0.4, -0.2) is 8.42 Å². The van der Waals surface area contributed by atoms with E-state index in [4.69, 9.17) is 26.7 Å². The largest absolute Gasteiger partial charge is 1.00 e. The number of benzene rings is 1. The van der Waals surface area contributed by atoms with Gasteiger partial charge in [-0.25, -0.2) is 8.42 Å². The molecule has 0 saturated heterocycles. The van der Waals surface area contributed by atoms with E-state index in [0.29, 0.717) is 16.0 Å². The summed E-state index contributed by atoms with van der Waals surface area (Å²) < 4.78 is 26.9. The van der Waals surface area contributed by atoms with Crippen LogP contribution in [0.25, 0.3) is 11.0 Å². The van der Waals surface area contributed by atoms with Crippen molar-refractivity contribution >= 4 is 42.3 Å². The third-order valence-electron chi connectivity index (χ3n) is 2.05. The number of hydrogen-bond donors (Lipinski definition) is 0. The summed E-state index contributed by atoms with van der Waals surface area (Å²) in [5, 5.41) is 0.852. The van der Waals surface area contributed by atoms with E-state index in [1.54, 1.807) is 18.2 Å². The van der Waals surface area contributed by atoms with Crippen molar-refractivity contribution in [1.29, 1.82) is 0 Å². The Kier molecular flexibility index (Phi) is 8.19. The molecule has 0 aliphatic rings. The van der Waals surface area contributed by atoms with Crippen LogP contribution in [0.15, 0.2) is 33.8 Å². The van der Waals surface area contributed by atoms with Gasteiger partial charge in [-0.15, -0.1) is 0 Å². The Morgan fingerprint density at radius 3 is 2.37 bits per heavy atom. The van der Waals surface area contributed by atoms with Crippen molar-refractivity contribution in [1.82, 2.24) is 0 Å².